The van der Waals surface area contributed by atoms with Crippen LogP contribution in [0.4, 0.5) is 4.39 Å². The molecule has 0 saturated heterocycles. The van der Waals surface area contributed by atoms with Crippen LogP contribution in [0.1, 0.15) is 44.1 Å². The summed E-state index contributed by atoms with van der Waals surface area (Å²) in [6.07, 6.45) is 6.83. The van der Waals surface area contributed by atoms with Crippen LogP contribution in [-0.4, -0.2) is 10.7 Å². The number of hydrogen-bond acceptors (Lipinski definition) is 1. The first-order valence-corrected chi connectivity index (χ1v) is 6.15. The molecule has 1 nitrogen and oxygen atoms in total. The van der Waals surface area contributed by atoms with E-state index in [0.29, 0.717) is 0 Å². The minimum atomic E-state index is -0.495. The molecule has 0 spiro atoms. The van der Waals surface area contributed by atoms with E-state index in [1.807, 2.05) is 6.07 Å². The van der Waals surface area contributed by atoms with Gasteiger partial charge in [0.05, 0.1) is 5.60 Å². The number of halogens is 1. The Morgan fingerprint density at radius 3 is 2.62 bits per heavy atom. The van der Waals surface area contributed by atoms with Gasteiger partial charge in [-0.15, -0.1) is 0 Å². The van der Waals surface area contributed by atoms with Crippen LogP contribution in [0.25, 0.3) is 0 Å². The lowest BCUT2D eigenvalue weighted by molar-refractivity contribution is -0.00343. The van der Waals surface area contributed by atoms with Crippen molar-refractivity contribution >= 4 is 0 Å². The van der Waals surface area contributed by atoms with E-state index in [9.17, 15) is 9.50 Å². The molecule has 0 radical (unpaired) electrons. The first-order valence-electron chi connectivity index (χ1n) is 6.15. The fourth-order valence-corrected chi connectivity index (χ4v) is 2.53. The van der Waals surface area contributed by atoms with Crippen LogP contribution >= 0.6 is 0 Å². The molecule has 2 heteroatoms. The Labute approximate surface area is 96.3 Å². The van der Waals surface area contributed by atoms with Crippen molar-refractivity contribution < 1.29 is 9.50 Å². The van der Waals surface area contributed by atoms with Gasteiger partial charge in [-0.3, -0.25) is 0 Å². The van der Waals surface area contributed by atoms with Crippen LogP contribution in [-0.2, 0) is 6.42 Å². The summed E-state index contributed by atoms with van der Waals surface area (Å²) in [4.78, 5) is 0. The van der Waals surface area contributed by atoms with E-state index in [1.165, 1.54) is 12.5 Å². The summed E-state index contributed by atoms with van der Waals surface area (Å²) < 4.78 is 13.0. The molecule has 0 bridgehead atoms. The molecule has 0 atom stereocenters. The van der Waals surface area contributed by atoms with Gasteiger partial charge in [-0.25, -0.2) is 4.39 Å². The van der Waals surface area contributed by atoms with Crippen LogP contribution in [0.2, 0.25) is 0 Å². The third-order valence-corrected chi connectivity index (χ3v) is 3.55. The van der Waals surface area contributed by atoms with Crippen LogP contribution in [0, 0.1) is 5.82 Å². The zero-order valence-electron chi connectivity index (χ0n) is 9.58. The number of hydrogen-bond donors (Lipinski definition) is 1. The van der Waals surface area contributed by atoms with Crippen molar-refractivity contribution in [2.45, 2.75) is 50.5 Å². The molecule has 2 rings (SSSR count). The molecule has 88 valence electrons. The first-order chi connectivity index (χ1) is 7.68. The molecule has 1 aliphatic carbocycles. The summed E-state index contributed by atoms with van der Waals surface area (Å²) in [7, 11) is 0. The summed E-state index contributed by atoms with van der Waals surface area (Å²) >= 11 is 0. The van der Waals surface area contributed by atoms with Crippen molar-refractivity contribution in [3.8, 4) is 0 Å². The van der Waals surface area contributed by atoms with Gasteiger partial charge in [0.15, 0.2) is 0 Å². The average molecular weight is 222 g/mol. The highest BCUT2D eigenvalue weighted by Crippen LogP contribution is 2.31. The molecule has 1 saturated carbocycles. The highest BCUT2D eigenvalue weighted by Gasteiger charge is 2.28. The molecule has 1 aliphatic rings. The SMILES string of the molecule is OC1(CCc2cccc(F)c2)CCCCC1. The monoisotopic (exact) mass is 222 g/mol. The Morgan fingerprint density at radius 1 is 1.19 bits per heavy atom. The van der Waals surface area contributed by atoms with Gasteiger partial charge in [-0.2, -0.15) is 0 Å². The smallest absolute Gasteiger partial charge is 0.123 e. The maximum atomic E-state index is 13.0. The molecule has 0 unspecified atom stereocenters. The van der Waals surface area contributed by atoms with Gasteiger partial charge in [0.1, 0.15) is 5.82 Å². The molecule has 1 aromatic carbocycles. The highest BCUT2D eigenvalue weighted by atomic mass is 19.1. The molecule has 1 aromatic rings. The topological polar surface area (TPSA) is 20.2 Å². The molecule has 0 aromatic heterocycles. The summed E-state index contributed by atoms with van der Waals surface area (Å²) in [5.41, 5.74) is 0.490. The second kappa shape index (κ2) is 4.96. The summed E-state index contributed by atoms with van der Waals surface area (Å²) in [5.74, 6) is -0.187. The highest BCUT2D eigenvalue weighted by molar-refractivity contribution is 5.16. The Kier molecular flexibility index (Phi) is 3.59. The van der Waals surface area contributed by atoms with Crippen LogP contribution in [0.3, 0.4) is 0 Å². The van der Waals surface area contributed by atoms with Crippen molar-refractivity contribution in [3.05, 3.63) is 35.6 Å². The molecule has 0 aliphatic heterocycles. The van der Waals surface area contributed by atoms with Gasteiger partial charge in [-0.05, 0) is 43.4 Å². The first kappa shape index (κ1) is 11.6. The standard InChI is InChI=1S/C14H19FO/c15-13-6-4-5-12(11-13)7-10-14(16)8-2-1-3-9-14/h4-6,11,16H,1-3,7-10H2. The number of rotatable bonds is 3. The van der Waals surface area contributed by atoms with Crippen LogP contribution < -0.4 is 0 Å². The second-order valence-electron chi connectivity index (χ2n) is 4.91. The van der Waals surface area contributed by atoms with E-state index in [1.54, 1.807) is 12.1 Å². The zero-order chi connectivity index (χ0) is 11.4. The van der Waals surface area contributed by atoms with Crippen molar-refractivity contribution in [2.24, 2.45) is 0 Å². The lowest BCUT2D eigenvalue weighted by Gasteiger charge is -2.32. The molecule has 0 heterocycles. The molecular weight excluding hydrogens is 203 g/mol. The average Bonchev–Trinajstić information content (AvgIpc) is 2.28. The van der Waals surface area contributed by atoms with Gasteiger partial charge in [0, 0.05) is 0 Å². The Balaban J connectivity index is 1.91. The van der Waals surface area contributed by atoms with Gasteiger partial charge in [0.25, 0.3) is 0 Å². The molecule has 0 amide bonds. The Hall–Kier alpha value is -0.890. The molecule has 1 N–H and O–H groups in total. The number of aliphatic hydroxyl groups is 1. The second-order valence-corrected chi connectivity index (χ2v) is 4.91. The van der Waals surface area contributed by atoms with Gasteiger partial charge < -0.3 is 5.11 Å². The lowest BCUT2D eigenvalue weighted by atomic mass is 9.81. The van der Waals surface area contributed by atoms with Crippen molar-refractivity contribution in [1.29, 1.82) is 0 Å². The Morgan fingerprint density at radius 2 is 1.94 bits per heavy atom. The van der Waals surface area contributed by atoms with E-state index < -0.39 is 5.60 Å². The van der Waals surface area contributed by atoms with Crippen molar-refractivity contribution in [1.82, 2.24) is 0 Å². The molecule has 1 fully saturated rings. The van der Waals surface area contributed by atoms with E-state index >= 15 is 0 Å². The third-order valence-electron chi connectivity index (χ3n) is 3.55. The largest absolute Gasteiger partial charge is 0.390 e. The fourth-order valence-electron chi connectivity index (χ4n) is 2.53. The summed E-state index contributed by atoms with van der Waals surface area (Å²) in [5, 5.41) is 10.3. The number of aryl methyl sites for hydroxylation is 1. The Bertz CT molecular complexity index is 342. The number of benzene rings is 1. The summed E-state index contributed by atoms with van der Waals surface area (Å²) in [6, 6.07) is 6.68. The van der Waals surface area contributed by atoms with Gasteiger partial charge >= 0.3 is 0 Å². The van der Waals surface area contributed by atoms with Crippen molar-refractivity contribution in [2.75, 3.05) is 0 Å². The quantitative estimate of drug-likeness (QED) is 0.830. The minimum absolute atomic E-state index is 0.187. The molecular formula is C14H19FO. The van der Waals surface area contributed by atoms with Gasteiger partial charge in [0.2, 0.25) is 0 Å². The van der Waals surface area contributed by atoms with Crippen molar-refractivity contribution in [3.63, 3.8) is 0 Å². The fraction of sp³-hybridized carbons (Fsp3) is 0.571. The van der Waals surface area contributed by atoms with Crippen LogP contribution in [0.5, 0.6) is 0 Å². The maximum absolute atomic E-state index is 13.0. The van der Waals surface area contributed by atoms with E-state index in [-0.39, 0.29) is 5.82 Å². The van der Waals surface area contributed by atoms with E-state index in [2.05, 4.69) is 0 Å². The minimum Gasteiger partial charge on any atom is -0.390 e. The third kappa shape index (κ3) is 3.05. The predicted octanol–water partition coefficient (Wildman–Crippen LogP) is 3.45. The van der Waals surface area contributed by atoms with E-state index in [4.69, 9.17) is 0 Å². The normalized spacial score (nSPS) is 19.6. The summed E-state index contributed by atoms with van der Waals surface area (Å²) in [6.45, 7) is 0. The lowest BCUT2D eigenvalue weighted by Crippen LogP contribution is -2.31. The molecule has 16 heavy (non-hydrogen) atoms. The van der Waals surface area contributed by atoms with E-state index in [0.717, 1.165) is 44.1 Å². The van der Waals surface area contributed by atoms with Gasteiger partial charge in [-0.1, -0.05) is 31.4 Å². The predicted molar refractivity (Wildman–Crippen MR) is 62.8 cm³/mol. The zero-order valence-corrected chi connectivity index (χ0v) is 9.58. The van der Waals surface area contributed by atoms with Crippen LogP contribution in [0.15, 0.2) is 24.3 Å². The maximum Gasteiger partial charge on any atom is 0.123 e.